The summed E-state index contributed by atoms with van der Waals surface area (Å²) >= 11 is 0. The van der Waals surface area contributed by atoms with Crippen molar-refractivity contribution in [2.24, 2.45) is 5.92 Å². The van der Waals surface area contributed by atoms with Crippen molar-refractivity contribution in [2.45, 2.75) is 63.5 Å². The average Bonchev–Trinajstić information content (AvgIpc) is 2.47. The van der Waals surface area contributed by atoms with E-state index in [9.17, 15) is 5.11 Å². The van der Waals surface area contributed by atoms with Gasteiger partial charge in [0.15, 0.2) is 0 Å². The van der Waals surface area contributed by atoms with Crippen LogP contribution in [0.15, 0.2) is 0 Å². The molecule has 0 aromatic heterocycles. The maximum Gasteiger partial charge on any atom is 0.0696 e. The molecule has 2 nitrogen and oxygen atoms in total. The molecule has 2 unspecified atom stereocenters. The fourth-order valence-corrected chi connectivity index (χ4v) is 3.05. The third kappa shape index (κ3) is 2.48. The molecule has 1 saturated carbocycles. The number of rotatable bonds is 1. The topological polar surface area (TPSA) is 32.3 Å². The minimum absolute atomic E-state index is 0.0770. The lowest BCUT2D eigenvalue weighted by atomic mass is 9.85. The predicted molar refractivity (Wildman–Crippen MR) is 58.2 cm³/mol. The van der Waals surface area contributed by atoms with Crippen LogP contribution in [0.2, 0.25) is 0 Å². The fraction of sp³-hybridized carbons (Fsp3) is 1.00. The smallest absolute Gasteiger partial charge is 0.0696 e. The van der Waals surface area contributed by atoms with Crippen molar-refractivity contribution >= 4 is 0 Å². The van der Waals surface area contributed by atoms with E-state index in [1.165, 1.54) is 38.5 Å². The van der Waals surface area contributed by atoms with Gasteiger partial charge in [-0.05, 0) is 38.1 Å². The summed E-state index contributed by atoms with van der Waals surface area (Å²) in [7, 11) is 0. The van der Waals surface area contributed by atoms with E-state index in [2.05, 4.69) is 5.32 Å². The molecule has 14 heavy (non-hydrogen) atoms. The van der Waals surface area contributed by atoms with E-state index >= 15 is 0 Å². The van der Waals surface area contributed by atoms with Gasteiger partial charge >= 0.3 is 0 Å². The Bertz CT molecular complexity index is 164. The Morgan fingerprint density at radius 1 is 0.857 bits per heavy atom. The van der Waals surface area contributed by atoms with E-state index in [0.717, 1.165) is 25.3 Å². The van der Waals surface area contributed by atoms with Gasteiger partial charge in [0.1, 0.15) is 0 Å². The van der Waals surface area contributed by atoms with Gasteiger partial charge in [-0.25, -0.2) is 0 Å². The van der Waals surface area contributed by atoms with Crippen LogP contribution in [0.25, 0.3) is 0 Å². The van der Waals surface area contributed by atoms with Gasteiger partial charge in [0.05, 0.1) is 6.10 Å². The van der Waals surface area contributed by atoms with Crippen molar-refractivity contribution in [3.63, 3.8) is 0 Å². The molecule has 2 heteroatoms. The van der Waals surface area contributed by atoms with Gasteiger partial charge in [0, 0.05) is 6.04 Å². The van der Waals surface area contributed by atoms with Crippen LogP contribution >= 0.6 is 0 Å². The zero-order valence-corrected chi connectivity index (χ0v) is 9.04. The van der Waals surface area contributed by atoms with Crippen LogP contribution in [0.3, 0.4) is 0 Å². The highest BCUT2D eigenvalue weighted by Crippen LogP contribution is 2.29. The first kappa shape index (κ1) is 10.4. The van der Waals surface area contributed by atoms with Gasteiger partial charge in [-0.15, -0.1) is 0 Å². The molecule has 1 aliphatic heterocycles. The molecule has 2 rings (SSSR count). The van der Waals surface area contributed by atoms with Crippen LogP contribution in [0, 0.1) is 5.92 Å². The molecule has 0 bridgehead atoms. The van der Waals surface area contributed by atoms with Gasteiger partial charge in [0.25, 0.3) is 0 Å². The summed E-state index contributed by atoms with van der Waals surface area (Å²) in [6, 6.07) is 0.404. The van der Waals surface area contributed by atoms with Gasteiger partial charge < -0.3 is 10.4 Å². The summed E-state index contributed by atoms with van der Waals surface area (Å²) in [6.45, 7) is 1.11. The minimum atomic E-state index is -0.0770. The highest BCUT2D eigenvalue weighted by molar-refractivity contribution is 4.87. The van der Waals surface area contributed by atoms with E-state index in [4.69, 9.17) is 0 Å². The standard InChI is InChI=1S/C12H23NO/c14-11-8-5-9-13-12(11)10-6-3-1-2-4-7-10/h10-14H,1-9H2. The molecule has 1 aliphatic carbocycles. The summed E-state index contributed by atoms with van der Waals surface area (Å²) < 4.78 is 0. The zero-order chi connectivity index (χ0) is 9.80. The zero-order valence-electron chi connectivity index (χ0n) is 9.04. The van der Waals surface area contributed by atoms with Crippen LogP contribution in [-0.2, 0) is 0 Å². The van der Waals surface area contributed by atoms with Crippen molar-refractivity contribution in [1.82, 2.24) is 5.32 Å². The molecule has 2 N–H and O–H groups in total. The molecule has 82 valence electrons. The molecule has 2 atom stereocenters. The molecule has 2 fully saturated rings. The van der Waals surface area contributed by atoms with Crippen molar-refractivity contribution in [3.05, 3.63) is 0 Å². The third-order valence-corrected chi connectivity index (χ3v) is 3.88. The Kier molecular flexibility index (Phi) is 3.82. The van der Waals surface area contributed by atoms with Gasteiger partial charge in [0.2, 0.25) is 0 Å². The quantitative estimate of drug-likeness (QED) is 0.631. The first-order chi connectivity index (χ1) is 6.88. The highest BCUT2D eigenvalue weighted by Gasteiger charge is 2.30. The van der Waals surface area contributed by atoms with Crippen LogP contribution in [0.1, 0.15) is 51.4 Å². The van der Waals surface area contributed by atoms with Gasteiger partial charge in [-0.3, -0.25) is 0 Å². The molecular formula is C12H23NO. The van der Waals surface area contributed by atoms with Crippen LogP contribution in [0.4, 0.5) is 0 Å². The first-order valence-corrected chi connectivity index (χ1v) is 6.29. The van der Waals surface area contributed by atoms with Crippen LogP contribution < -0.4 is 5.32 Å². The molecule has 0 aromatic carbocycles. The summed E-state index contributed by atoms with van der Waals surface area (Å²) in [5.74, 6) is 0.743. The Hall–Kier alpha value is -0.0800. The van der Waals surface area contributed by atoms with Gasteiger partial charge in [-0.2, -0.15) is 0 Å². The van der Waals surface area contributed by atoms with E-state index < -0.39 is 0 Å². The average molecular weight is 197 g/mol. The summed E-state index contributed by atoms with van der Waals surface area (Å²) in [5.41, 5.74) is 0. The molecular weight excluding hydrogens is 174 g/mol. The summed E-state index contributed by atoms with van der Waals surface area (Å²) in [5, 5.41) is 13.5. The lowest BCUT2D eigenvalue weighted by Gasteiger charge is -2.35. The minimum Gasteiger partial charge on any atom is -0.391 e. The van der Waals surface area contributed by atoms with Crippen LogP contribution in [-0.4, -0.2) is 23.8 Å². The highest BCUT2D eigenvalue weighted by atomic mass is 16.3. The van der Waals surface area contributed by atoms with E-state index in [0.29, 0.717) is 6.04 Å². The molecule has 1 heterocycles. The molecule has 0 amide bonds. The molecule has 0 radical (unpaired) electrons. The lowest BCUT2D eigenvalue weighted by Crippen LogP contribution is -2.49. The number of aliphatic hydroxyl groups excluding tert-OH is 1. The normalized spacial score (nSPS) is 36.6. The molecule has 0 aromatic rings. The Morgan fingerprint density at radius 2 is 1.57 bits per heavy atom. The molecule has 2 aliphatic rings. The number of hydrogen-bond donors (Lipinski definition) is 2. The summed E-state index contributed by atoms with van der Waals surface area (Å²) in [6.07, 6.45) is 10.3. The van der Waals surface area contributed by atoms with E-state index in [1.54, 1.807) is 0 Å². The van der Waals surface area contributed by atoms with Crippen LogP contribution in [0.5, 0.6) is 0 Å². The largest absolute Gasteiger partial charge is 0.391 e. The fourth-order valence-electron chi connectivity index (χ4n) is 3.05. The first-order valence-electron chi connectivity index (χ1n) is 6.29. The third-order valence-electron chi connectivity index (χ3n) is 3.88. The van der Waals surface area contributed by atoms with Crippen molar-refractivity contribution < 1.29 is 5.11 Å². The van der Waals surface area contributed by atoms with Crippen molar-refractivity contribution in [2.75, 3.05) is 6.54 Å². The Labute approximate surface area is 87.1 Å². The predicted octanol–water partition coefficient (Wildman–Crippen LogP) is 2.07. The Balaban J connectivity index is 1.90. The number of hydrogen-bond acceptors (Lipinski definition) is 2. The van der Waals surface area contributed by atoms with E-state index in [1.807, 2.05) is 0 Å². The SMILES string of the molecule is OC1CCCNC1C1CCCCCC1. The second kappa shape index (κ2) is 5.13. The van der Waals surface area contributed by atoms with Crippen molar-refractivity contribution in [1.29, 1.82) is 0 Å². The van der Waals surface area contributed by atoms with E-state index in [-0.39, 0.29) is 6.10 Å². The number of aliphatic hydroxyl groups is 1. The molecule has 0 spiro atoms. The maximum atomic E-state index is 9.95. The second-order valence-corrected chi connectivity index (χ2v) is 4.94. The monoisotopic (exact) mass is 197 g/mol. The molecule has 1 saturated heterocycles. The summed E-state index contributed by atoms with van der Waals surface area (Å²) in [4.78, 5) is 0. The lowest BCUT2D eigenvalue weighted by molar-refractivity contribution is 0.0636. The van der Waals surface area contributed by atoms with Crippen molar-refractivity contribution in [3.8, 4) is 0 Å². The maximum absolute atomic E-state index is 9.95. The van der Waals surface area contributed by atoms with Gasteiger partial charge in [-0.1, -0.05) is 25.7 Å². The number of nitrogens with one attached hydrogen (secondary N) is 1. The number of piperidine rings is 1. The second-order valence-electron chi connectivity index (χ2n) is 4.94. The Morgan fingerprint density at radius 3 is 2.21 bits per heavy atom.